The Labute approximate surface area is 278 Å². The second-order valence-corrected chi connectivity index (χ2v) is 14.3. The highest BCUT2D eigenvalue weighted by atomic mass is 16.2. The molecule has 0 aromatic heterocycles. The number of nitrogens with one attached hydrogen (secondary N) is 2. The van der Waals surface area contributed by atoms with Crippen molar-refractivity contribution in [3.05, 3.63) is 59.7 Å². The number of fused-ring (bicyclic) bond motifs is 8. The highest BCUT2D eigenvalue weighted by molar-refractivity contribution is 6.17. The summed E-state index contributed by atoms with van der Waals surface area (Å²) in [7, 11) is 3.40. The molecule has 8 rings (SSSR count). The van der Waals surface area contributed by atoms with Gasteiger partial charge in [0.2, 0.25) is 23.6 Å². The number of likely N-dealkylation sites (N-methyl/N-ethyl adjacent to an activating group) is 2. The molecule has 6 aliphatic heterocycles. The lowest BCUT2D eigenvalue weighted by Gasteiger charge is -2.30. The third-order valence-corrected chi connectivity index (χ3v) is 12.0. The van der Waals surface area contributed by atoms with Gasteiger partial charge in [-0.1, -0.05) is 49.2 Å². The highest BCUT2D eigenvalue weighted by Gasteiger charge is 2.71. The molecule has 250 valence electrons. The molecule has 8 atom stereocenters. The van der Waals surface area contributed by atoms with Crippen LogP contribution in [0.1, 0.15) is 50.7 Å². The van der Waals surface area contributed by atoms with E-state index in [0.29, 0.717) is 25.7 Å². The van der Waals surface area contributed by atoms with Gasteiger partial charge in [-0.15, -0.1) is 0 Å². The molecule has 0 bridgehead atoms. The van der Waals surface area contributed by atoms with Crippen LogP contribution in [0.2, 0.25) is 0 Å². The van der Waals surface area contributed by atoms with Crippen LogP contribution in [-0.4, -0.2) is 84.5 Å². The second kappa shape index (κ2) is 10.5. The summed E-state index contributed by atoms with van der Waals surface area (Å²) in [4.78, 5) is 88.0. The minimum absolute atomic E-state index is 0.217. The number of likely N-dealkylation sites (tertiary alicyclic amines) is 2. The van der Waals surface area contributed by atoms with Crippen LogP contribution in [0.4, 0.5) is 11.4 Å². The lowest BCUT2D eigenvalue weighted by atomic mass is 9.76. The molecule has 6 amide bonds. The number of benzene rings is 2. The number of carbonyl (C=O) groups is 6. The Hall–Kier alpha value is -4.42. The smallest absolute Gasteiger partial charge is 0.252 e. The topological polar surface area (TPSA) is 139 Å². The van der Waals surface area contributed by atoms with Gasteiger partial charge in [-0.2, -0.15) is 0 Å². The van der Waals surface area contributed by atoms with Crippen molar-refractivity contribution in [2.45, 2.75) is 62.7 Å². The third-order valence-electron chi connectivity index (χ3n) is 12.0. The van der Waals surface area contributed by atoms with Gasteiger partial charge >= 0.3 is 0 Å². The van der Waals surface area contributed by atoms with Crippen LogP contribution in [0, 0.1) is 23.7 Å². The van der Waals surface area contributed by atoms with Crippen molar-refractivity contribution < 1.29 is 28.8 Å². The summed E-state index contributed by atoms with van der Waals surface area (Å²) >= 11 is 0. The van der Waals surface area contributed by atoms with E-state index >= 15 is 0 Å². The molecule has 2 N–H and O–H groups in total. The van der Waals surface area contributed by atoms with E-state index < -0.39 is 34.7 Å². The van der Waals surface area contributed by atoms with Gasteiger partial charge in [0.1, 0.15) is 11.1 Å². The molecule has 2 aromatic rings. The van der Waals surface area contributed by atoms with Gasteiger partial charge in [0, 0.05) is 61.8 Å². The maximum Gasteiger partial charge on any atom is 0.252 e. The molecular formula is C36H40N6O6. The van der Waals surface area contributed by atoms with Crippen LogP contribution in [0.5, 0.6) is 0 Å². The van der Waals surface area contributed by atoms with Crippen molar-refractivity contribution >= 4 is 46.8 Å². The molecular weight excluding hydrogens is 612 g/mol. The number of para-hydroxylation sites is 2. The van der Waals surface area contributed by atoms with E-state index in [1.807, 2.05) is 62.4 Å². The molecule has 2 aromatic carbocycles. The average Bonchev–Trinajstić information content (AvgIpc) is 3.83. The van der Waals surface area contributed by atoms with Crippen molar-refractivity contribution in [3.8, 4) is 0 Å². The third kappa shape index (κ3) is 3.67. The zero-order valence-electron chi connectivity index (χ0n) is 27.6. The summed E-state index contributed by atoms with van der Waals surface area (Å²) in [5.41, 5.74) is 0.451. The predicted octanol–water partition coefficient (Wildman–Crippen LogP) is 1.48. The van der Waals surface area contributed by atoms with Gasteiger partial charge in [0.25, 0.3) is 11.8 Å². The summed E-state index contributed by atoms with van der Waals surface area (Å²) in [5.74, 6) is -4.39. The number of unbranched alkanes of at least 4 members (excludes halogenated alkanes) is 3. The Bertz CT molecular complexity index is 1680. The molecule has 48 heavy (non-hydrogen) atoms. The van der Waals surface area contributed by atoms with Crippen molar-refractivity contribution in [2.24, 2.45) is 23.7 Å². The maximum atomic E-state index is 13.9. The van der Waals surface area contributed by atoms with E-state index in [1.54, 1.807) is 23.9 Å². The average molecular weight is 653 g/mol. The minimum atomic E-state index is -1.25. The van der Waals surface area contributed by atoms with Crippen molar-refractivity contribution in [3.63, 3.8) is 0 Å². The number of hydrogen-bond donors (Lipinski definition) is 2. The fourth-order valence-electron chi connectivity index (χ4n) is 9.89. The largest absolute Gasteiger partial charge is 0.313 e. The Balaban J connectivity index is 0.902. The van der Waals surface area contributed by atoms with E-state index in [4.69, 9.17) is 0 Å². The Morgan fingerprint density at radius 2 is 0.938 bits per heavy atom. The first-order valence-electron chi connectivity index (χ1n) is 17.0. The Morgan fingerprint density at radius 1 is 0.562 bits per heavy atom. The maximum absolute atomic E-state index is 13.9. The number of imide groups is 2. The van der Waals surface area contributed by atoms with Crippen LogP contribution in [0.15, 0.2) is 48.5 Å². The van der Waals surface area contributed by atoms with Crippen LogP contribution < -0.4 is 20.4 Å². The van der Waals surface area contributed by atoms with Gasteiger partial charge < -0.3 is 9.80 Å². The highest BCUT2D eigenvalue weighted by Crippen LogP contribution is 2.55. The molecule has 6 aliphatic rings. The number of hydrogen-bond acceptors (Lipinski definition) is 8. The monoisotopic (exact) mass is 652 g/mol. The molecule has 0 saturated carbocycles. The Morgan fingerprint density at radius 3 is 1.33 bits per heavy atom. The lowest BCUT2D eigenvalue weighted by molar-refractivity contribution is -0.144. The standard InChI is InChI=1S/C36H40N6O6/c1-19-25-27(35(37-19)21-13-7-9-15-23(21)39(3)33(35)47)31(45)41(29(25)43)17-11-5-6-12-18-42-30(44)26-20(2)38-36(28(26)32(42)46)22-14-8-10-16-24(22)40(4)34(36)48/h7-10,13-16,19-20,25-28,37-38H,5-6,11-12,17-18H2,1-4H3. The molecule has 0 aliphatic carbocycles. The summed E-state index contributed by atoms with van der Waals surface area (Å²) < 4.78 is 0. The fourth-order valence-corrected chi connectivity index (χ4v) is 9.89. The minimum Gasteiger partial charge on any atom is -0.313 e. The van der Waals surface area contributed by atoms with Crippen molar-refractivity contribution in [1.29, 1.82) is 0 Å². The van der Waals surface area contributed by atoms with Crippen molar-refractivity contribution in [2.75, 3.05) is 37.0 Å². The first-order valence-corrected chi connectivity index (χ1v) is 17.0. The summed E-state index contributed by atoms with van der Waals surface area (Å²) in [6, 6.07) is 14.2. The molecule has 6 heterocycles. The fraction of sp³-hybridized carbons (Fsp3) is 0.500. The number of carbonyl (C=O) groups excluding carboxylic acids is 6. The molecule has 4 fully saturated rings. The molecule has 2 spiro atoms. The lowest BCUT2D eigenvalue weighted by Crippen LogP contribution is -2.54. The second-order valence-electron chi connectivity index (χ2n) is 14.3. The van der Waals surface area contributed by atoms with Crippen LogP contribution in [-0.2, 0) is 39.8 Å². The first-order chi connectivity index (χ1) is 23.0. The van der Waals surface area contributed by atoms with Gasteiger partial charge in [-0.3, -0.25) is 49.2 Å². The predicted molar refractivity (Wildman–Crippen MR) is 174 cm³/mol. The summed E-state index contributed by atoms with van der Waals surface area (Å²) in [5, 5.41) is 6.73. The van der Waals surface area contributed by atoms with Gasteiger partial charge in [-0.25, -0.2) is 0 Å². The van der Waals surface area contributed by atoms with Crippen LogP contribution >= 0.6 is 0 Å². The van der Waals surface area contributed by atoms with Gasteiger partial charge in [0.15, 0.2) is 0 Å². The SMILES string of the molecule is CC1NC2(C(=O)N(C)c3ccccc32)C2C(=O)N(CCCCCCN3C(=O)C4C(C)NC5(C(=O)N(C)c6ccccc65)C4C3=O)C(=O)C12. The number of anilines is 2. The zero-order valence-corrected chi connectivity index (χ0v) is 27.6. The van der Waals surface area contributed by atoms with Gasteiger partial charge in [0.05, 0.1) is 23.7 Å². The van der Waals surface area contributed by atoms with E-state index in [1.165, 1.54) is 9.80 Å². The van der Waals surface area contributed by atoms with E-state index in [-0.39, 0.29) is 60.6 Å². The van der Waals surface area contributed by atoms with E-state index in [2.05, 4.69) is 10.6 Å². The Kier molecular flexibility index (Phi) is 6.78. The number of nitrogens with zero attached hydrogens (tertiary/aromatic N) is 4. The summed E-state index contributed by atoms with van der Waals surface area (Å²) in [6.45, 7) is 4.24. The first kappa shape index (κ1) is 30.9. The molecule has 12 heteroatoms. The van der Waals surface area contributed by atoms with Crippen LogP contribution in [0.25, 0.3) is 0 Å². The van der Waals surface area contributed by atoms with Crippen molar-refractivity contribution in [1.82, 2.24) is 20.4 Å². The number of amides is 6. The van der Waals surface area contributed by atoms with E-state index in [0.717, 1.165) is 22.5 Å². The van der Waals surface area contributed by atoms with E-state index in [9.17, 15) is 28.8 Å². The molecule has 8 unspecified atom stereocenters. The van der Waals surface area contributed by atoms with Crippen LogP contribution in [0.3, 0.4) is 0 Å². The number of rotatable bonds is 7. The zero-order chi connectivity index (χ0) is 33.9. The molecule has 4 saturated heterocycles. The quantitative estimate of drug-likeness (QED) is 0.339. The molecule has 0 radical (unpaired) electrons. The van der Waals surface area contributed by atoms with Gasteiger partial charge in [-0.05, 0) is 38.8 Å². The summed E-state index contributed by atoms with van der Waals surface area (Å²) in [6.07, 6.45) is 2.53. The molecule has 12 nitrogen and oxygen atoms in total. The normalized spacial score (nSPS) is 34.8.